The van der Waals surface area contributed by atoms with E-state index >= 15 is 0 Å². The van der Waals surface area contributed by atoms with E-state index in [2.05, 4.69) is 10.2 Å². The molecular formula is C15H24N2O3. The average molecular weight is 280 g/mol. The van der Waals surface area contributed by atoms with Crippen molar-refractivity contribution in [1.82, 2.24) is 10.2 Å². The molecule has 0 amide bonds. The van der Waals surface area contributed by atoms with Gasteiger partial charge in [0, 0.05) is 50.4 Å². The smallest absolute Gasteiger partial charge is 0.129 e. The summed E-state index contributed by atoms with van der Waals surface area (Å²) in [6, 6.07) is 3.82. The van der Waals surface area contributed by atoms with Crippen LogP contribution in [0.1, 0.15) is 5.56 Å². The van der Waals surface area contributed by atoms with Crippen LogP contribution in [-0.4, -0.2) is 59.0 Å². The maximum atomic E-state index is 5.48. The van der Waals surface area contributed by atoms with E-state index in [1.54, 1.807) is 21.3 Å². The van der Waals surface area contributed by atoms with Gasteiger partial charge in [-0.15, -0.1) is 0 Å². The molecule has 1 aromatic carbocycles. The lowest BCUT2D eigenvalue weighted by Crippen LogP contribution is -2.44. The van der Waals surface area contributed by atoms with Crippen LogP contribution >= 0.6 is 0 Å². The molecule has 5 nitrogen and oxygen atoms in total. The predicted octanol–water partition coefficient (Wildman–Crippen LogP) is 1.16. The van der Waals surface area contributed by atoms with E-state index in [9.17, 15) is 0 Å². The second-order valence-corrected chi connectivity index (χ2v) is 4.85. The molecule has 0 bridgehead atoms. The van der Waals surface area contributed by atoms with Crippen molar-refractivity contribution >= 4 is 0 Å². The Bertz CT molecular complexity index is 406. The molecule has 1 aliphatic rings. The molecule has 0 aliphatic carbocycles. The number of piperazine rings is 1. The van der Waals surface area contributed by atoms with Gasteiger partial charge in [0.05, 0.1) is 21.3 Å². The van der Waals surface area contributed by atoms with Crippen molar-refractivity contribution in [3.63, 3.8) is 0 Å². The summed E-state index contributed by atoms with van der Waals surface area (Å²) in [5, 5.41) is 3.37. The van der Waals surface area contributed by atoms with Crippen molar-refractivity contribution in [3.8, 4) is 17.2 Å². The monoisotopic (exact) mass is 280 g/mol. The van der Waals surface area contributed by atoms with Gasteiger partial charge in [0.1, 0.15) is 17.2 Å². The second-order valence-electron chi connectivity index (χ2n) is 4.85. The van der Waals surface area contributed by atoms with E-state index in [1.165, 1.54) is 0 Å². The zero-order chi connectivity index (χ0) is 14.4. The highest BCUT2D eigenvalue weighted by atomic mass is 16.5. The van der Waals surface area contributed by atoms with Crippen LogP contribution in [0.5, 0.6) is 17.2 Å². The predicted molar refractivity (Wildman–Crippen MR) is 79.1 cm³/mol. The Morgan fingerprint density at radius 2 is 1.60 bits per heavy atom. The molecule has 112 valence electrons. The molecule has 20 heavy (non-hydrogen) atoms. The van der Waals surface area contributed by atoms with E-state index in [1.807, 2.05) is 12.1 Å². The highest BCUT2D eigenvalue weighted by Crippen LogP contribution is 2.34. The summed E-state index contributed by atoms with van der Waals surface area (Å²) in [5.41, 5.74) is 1.11. The maximum Gasteiger partial charge on any atom is 0.129 e. The van der Waals surface area contributed by atoms with Crippen molar-refractivity contribution in [3.05, 3.63) is 17.7 Å². The van der Waals surface area contributed by atoms with E-state index in [0.29, 0.717) is 0 Å². The van der Waals surface area contributed by atoms with Crippen LogP contribution < -0.4 is 19.5 Å². The van der Waals surface area contributed by atoms with Gasteiger partial charge in [-0.2, -0.15) is 0 Å². The quantitative estimate of drug-likeness (QED) is 0.847. The van der Waals surface area contributed by atoms with E-state index < -0.39 is 0 Å². The highest BCUT2D eigenvalue weighted by molar-refractivity contribution is 5.50. The van der Waals surface area contributed by atoms with Crippen LogP contribution in [0, 0.1) is 0 Å². The fourth-order valence-electron chi connectivity index (χ4n) is 2.53. The van der Waals surface area contributed by atoms with E-state index in [0.717, 1.165) is 62.0 Å². The molecule has 1 saturated heterocycles. The van der Waals surface area contributed by atoms with Gasteiger partial charge < -0.3 is 24.4 Å². The summed E-state index contributed by atoms with van der Waals surface area (Å²) < 4.78 is 16.2. The minimum Gasteiger partial charge on any atom is -0.496 e. The minimum atomic E-state index is 0.754. The number of ether oxygens (including phenoxy) is 3. The normalized spacial score (nSPS) is 15.9. The minimum absolute atomic E-state index is 0.754. The van der Waals surface area contributed by atoms with E-state index in [4.69, 9.17) is 14.2 Å². The van der Waals surface area contributed by atoms with Crippen LogP contribution in [0.2, 0.25) is 0 Å². The number of nitrogens with one attached hydrogen (secondary N) is 1. The summed E-state index contributed by atoms with van der Waals surface area (Å²) in [6.45, 7) is 5.34. The third kappa shape index (κ3) is 3.55. The summed E-state index contributed by atoms with van der Waals surface area (Å²) in [4.78, 5) is 2.46. The molecule has 0 saturated carbocycles. The Morgan fingerprint density at radius 1 is 1.00 bits per heavy atom. The first-order chi connectivity index (χ1) is 9.78. The van der Waals surface area contributed by atoms with Gasteiger partial charge >= 0.3 is 0 Å². The zero-order valence-electron chi connectivity index (χ0n) is 12.6. The van der Waals surface area contributed by atoms with Gasteiger partial charge in [0.15, 0.2) is 0 Å². The first kappa shape index (κ1) is 14.9. The van der Waals surface area contributed by atoms with Crippen molar-refractivity contribution in [2.24, 2.45) is 0 Å². The van der Waals surface area contributed by atoms with Gasteiger partial charge in [-0.3, -0.25) is 0 Å². The van der Waals surface area contributed by atoms with E-state index in [-0.39, 0.29) is 0 Å². The molecule has 1 aliphatic heterocycles. The largest absolute Gasteiger partial charge is 0.496 e. The molecule has 0 atom stereocenters. The Morgan fingerprint density at radius 3 is 2.10 bits per heavy atom. The molecular weight excluding hydrogens is 256 g/mol. The molecule has 0 radical (unpaired) electrons. The number of hydrogen-bond acceptors (Lipinski definition) is 5. The van der Waals surface area contributed by atoms with Crippen LogP contribution in [0.4, 0.5) is 0 Å². The Hall–Kier alpha value is -1.46. The summed E-state index contributed by atoms with van der Waals surface area (Å²) in [7, 11) is 5.01. The SMILES string of the molecule is COc1cc(OC)c(CCN2CCNCC2)c(OC)c1. The highest BCUT2D eigenvalue weighted by Gasteiger charge is 2.15. The number of nitrogens with zero attached hydrogens (tertiary/aromatic N) is 1. The number of benzene rings is 1. The lowest BCUT2D eigenvalue weighted by Gasteiger charge is -2.27. The van der Waals surface area contributed by atoms with Gasteiger partial charge in [-0.25, -0.2) is 0 Å². The molecule has 5 heteroatoms. The molecule has 2 rings (SSSR count). The molecule has 0 spiro atoms. The van der Waals surface area contributed by atoms with Gasteiger partial charge in [-0.1, -0.05) is 0 Å². The van der Waals surface area contributed by atoms with Crippen molar-refractivity contribution in [1.29, 1.82) is 0 Å². The Balaban J connectivity index is 2.11. The lowest BCUT2D eigenvalue weighted by molar-refractivity contribution is 0.242. The first-order valence-electron chi connectivity index (χ1n) is 7.00. The zero-order valence-corrected chi connectivity index (χ0v) is 12.6. The third-order valence-electron chi connectivity index (χ3n) is 3.70. The molecule has 0 unspecified atom stereocenters. The van der Waals surface area contributed by atoms with Crippen LogP contribution in [0.25, 0.3) is 0 Å². The standard InChI is InChI=1S/C15H24N2O3/c1-18-12-10-14(19-2)13(15(11-12)20-3)4-7-17-8-5-16-6-9-17/h10-11,16H,4-9H2,1-3H3. The first-order valence-corrected chi connectivity index (χ1v) is 7.00. The molecule has 1 heterocycles. The lowest BCUT2D eigenvalue weighted by atomic mass is 10.1. The fraction of sp³-hybridized carbons (Fsp3) is 0.600. The molecule has 0 aromatic heterocycles. The Kier molecular flexibility index (Phi) is 5.49. The van der Waals surface area contributed by atoms with Crippen LogP contribution in [-0.2, 0) is 6.42 Å². The summed E-state index contributed by atoms with van der Waals surface area (Å²) in [5.74, 6) is 2.41. The summed E-state index contributed by atoms with van der Waals surface area (Å²) in [6.07, 6.45) is 0.913. The van der Waals surface area contributed by atoms with Crippen LogP contribution in [0.3, 0.4) is 0 Å². The number of methoxy groups -OCH3 is 3. The topological polar surface area (TPSA) is 43.0 Å². The molecule has 1 N–H and O–H groups in total. The third-order valence-corrected chi connectivity index (χ3v) is 3.70. The molecule has 1 aromatic rings. The summed E-state index contributed by atoms with van der Waals surface area (Å²) >= 11 is 0. The fourth-order valence-corrected chi connectivity index (χ4v) is 2.53. The Labute approximate surface area is 120 Å². The van der Waals surface area contributed by atoms with Crippen LogP contribution in [0.15, 0.2) is 12.1 Å². The van der Waals surface area contributed by atoms with Crippen molar-refractivity contribution in [2.75, 3.05) is 54.1 Å². The van der Waals surface area contributed by atoms with Gasteiger partial charge in [-0.05, 0) is 6.42 Å². The number of rotatable bonds is 6. The second kappa shape index (κ2) is 7.36. The average Bonchev–Trinajstić information content (AvgIpc) is 2.52. The number of hydrogen-bond donors (Lipinski definition) is 1. The molecule has 1 fully saturated rings. The van der Waals surface area contributed by atoms with Gasteiger partial charge in [0.25, 0.3) is 0 Å². The van der Waals surface area contributed by atoms with Gasteiger partial charge in [0.2, 0.25) is 0 Å². The van der Waals surface area contributed by atoms with Crippen molar-refractivity contribution < 1.29 is 14.2 Å². The maximum absolute atomic E-state index is 5.48. The van der Waals surface area contributed by atoms with Crippen molar-refractivity contribution in [2.45, 2.75) is 6.42 Å².